The third-order valence-corrected chi connectivity index (χ3v) is 3.34. The van der Waals surface area contributed by atoms with Crippen LogP contribution in [0.4, 0.5) is 5.82 Å². The van der Waals surface area contributed by atoms with Crippen molar-refractivity contribution < 1.29 is 14.7 Å². The van der Waals surface area contributed by atoms with Gasteiger partial charge in [0.15, 0.2) is 0 Å². The van der Waals surface area contributed by atoms with E-state index in [-0.39, 0.29) is 5.91 Å². The standard InChI is InChI=1S/C14H16N2O3/c1-9-5-4-8-15-12(9)16-13(17)10-6-2-3-7-11(10)14(18)19/h2-5,8,10-11H,6-7H2,1H3,(H,18,19)(H,15,16,17)/t10-,11+/m0/s1. The molecule has 5 nitrogen and oxygen atoms in total. The third-order valence-electron chi connectivity index (χ3n) is 3.34. The Morgan fingerprint density at radius 3 is 2.63 bits per heavy atom. The van der Waals surface area contributed by atoms with Crippen molar-refractivity contribution in [2.45, 2.75) is 19.8 Å². The van der Waals surface area contributed by atoms with Gasteiger partial charge >= 0.3 is 5.97 Å². The first-order valence-corrected chi connectivity index (χ1v) is 6.20. The van der Waals surface area contributed by atoms with Crippen LogP contribution >= 0.6 is 0 Å². The van der Waals surface area contributed by atoms with Crippen molar-refractivity contribution in [3.05, 3.63) is 36.0 Å². The maximum atomic E-state index is 12.2. The molecule has 0 spiro atoms. The van der Waals surface area contributed by atoms with Crippen LogP contribution in [0.15, 0.2) is 30.5 Å². The van der Waals surface area contributed by atoms with Crippen molar-refractivity contribution in [2.24, 2.45) is 11.8 Å². The number of carboxylic acid groups (broad SMARTS) is 1. The van der Waals surface area contributed by atoms with Crippen LogP contribution in [-0.2, 0) is 9.59 Å². The zero-order chi connectivity index (χ0) is 13.8. The van der Waals surface area contributed by atoms with Gasteiger partial charge in [-0.3, -0.25) is 9.59 Å². The summed E-state index contributed by atoms with van der Waals surface area (Å²) in [6.07, 6.45) is 6.12. The van der Waals surface area contributed by atoms with E-state index in [1.165, 1.54) is 0 Å². The predicted octanol–water partition coefficient (Wildman–Crippen LogP) is 2.00. The third kappa shape index (κ3) is 2.99. The highest BCUT2D eigenvalue weighted by Crippen LogP contribution is 2.27. The maximum absolute atomic E-state index is 12.2. The van der Waals surface area contributed by atoms with Gasteiger partial charge in [-0.15, -0.1) is 0 Å². The lowest BCUT2D eigenvalue weighted by Gasteiger charge is -2.24. The molecule has 1 aliphatic carbocycles. The Bertz CT molecular complexity index is 525. The smallest absolute Gasteiger partial charge is 0.307 e. The second kappa shape index (κ2) is 5.65. The minimum atomic E-state index is -0.928. The van der Waals surface area contributed by atoms with Gasteiger partial charge in [-0.1, -0.05) is 18.2 Å². The molecular weight excluding hydrogens is 244 g/mol. The summed E-state index contributed by atoms with van der Waals surface area (Å²) < 4.78 is 0. The average molecular weight is 260 g/mol. The quantitative estimate of drug-likeness (QED) is 0.815. The normalized spacial score (nSPS) is 21.9. The van der Waals surface area contributed by atoms with Crippen molar-refractivity contribution in [2.75, 3.05) is 5.32 Å². The number of allylic oxidation sites excluding steroid dienone is 2. The van der Waals surface area contributed by atoms with Crippen LogP contribution in [0, 0.1) is 18.8 Å². The summed E-state index contributed by atoms with van der Waals surface area (Å²) in [5.41, 5.74) is 0.856. The molecule has 100 valence electrons. The SMILES string of the molecule is Cc1cccnc1NC(=O)[C@H]1CC=CC[C@H]1C(=O)O. The lowest BCUT2D eigenvalue weighted by molar-refractivity contribution is -0.146. The number of aliphatic carboxylic acids is 1. The number of anilines is 1. The van der Waals surface area contributed by atoms with Crippen LogP contribution in [0.5, 0.6) is 0 Å². The first-order chi connectivity index (χ1) is 9.09. The van der Waals surface area contributed by atoms with Gasteiger partial charge < -0.3 is 10.4 Å². The summed E-state index contributed by atoms with van der Waals surface area (Å²) in [6.45, 7) is 1.85. The van der Waals surface area contributed by atoms with Crippen molar-refractivity contribution >= 4 is 17.7 Å². The number of nitrogens with zero attached hydrogens (tertiary/aromatic N) is 1. The highest BCUT2D eigenvalue weighted by Gasteiger charge is 2.34. The van der Waals surface area contributed by atoms with Gasteiger partial charge in [0.2, 0.25) is 5.91 Å². The Kier molecular flexibility index (Phi) is 3.94. The van der Waals surface area contributed by atoms with Gasteiger partial charge in [0.25, 0.3) is 0 Å². The van der Waals surface area contributed by atoms with E-state index >= 15 is 0 Å². The molecular formula is C14H16N2O3. The molecule has 1 amide bonds. The van der Waals surface area contributed by atoms with E-state index < -0.39 is 17.8 Å². The molecule has 5 heteroatoms. The summed E-state index contributed by atoms with van der Waals surface area (Å²) >= 11 is 0. The number of rotatable bonds is 3. The zero-order valence-corrected chi connectivity index (χ0v) is 10.7. The van der Waals surface area contributed by atoms with E-state index in [4.69, 9.17) is 5.11 Å². The van der Waals surface area contributed by atoms with Gasteiger partial charge in [0, 0.05) is 6.20 Å². The number of nitrogens with one attached hydrogen (secondary N) is 1. The van der Waals surface area contributed by atoms with Crippen LogP contribution in [-0.4, -0.2) is 22.0 Å². The number of carbonyl (C=O) groups is 2. The molecule has 0 bridgehead atoms. The molecule has 2 atom stereocenters. The molecule has 1 heterocycles. The molecule has 0 fully saturated rings. The largest absolute Gasteiger partial charge is 0.481 e. The molecule has 0 aromatic carbocycles. The fraction of sp³-hybridized carbons (Fsp3) is 0.357. The molecule has 1 aliphatic rings. The molecule has 2 N–H and O–H groups in total. The Balaban J connectivity index is 2.13. The number of hydrogen-bond donors (Lipinski definition) is 2. The van der Waals surface area contributed by atoms with E-state index in [0.29, 0.717) is 18.7 Å². The van der Waals surface area contributed by atoms with Crippen LogP contribution in [0.1, 0.15) is 18.4 Å². The summed E-state index contributed by atoms with van der Waals surface area (Å²) in [6, 6.07) is 3.63. The molecule has 2 rings (SSSR count). The molecule has 1 aromatic rings. The van der Waals surface area contributed by atoms with Crippen molar-refractivity contribution in [1.82, 2.24) is 4.98 Å². The highest BCUT2D eigenvalue weighted by molar-refractivity contribution is 5.95. The molecule has 0 unspecified atom stereocenters. The lowest BCUT2D eigenvalue weighted by atomic mass is 9.82. The second-order valence-corrected chi connectivity index (χ2v) is 4.65. The molecule has 19 heavy (non-hydrogen) atoms. The second-order valence-electron chi connectivity index (χ2n) is 4.65. The number of aromatic nitrogens is 1. The summed E-state index contributed by atoms with van der Waals surface area (Å²) in [7, 11) is 0. The van der Waals surface area contributed by atoms with Gasteiger partial charge in [-0.05, 0) is 31.4 Å². The van der Waals surface area contributed by atoms with Gasteiger partial charge in [0.05, 0.1) is 11.8 Å². The van der Waals surface area contributed by atoms with E-state index in [1.807, 2.05) is 25.1 Å². The molecule has 0 saturated heterocycles. The molecule has 0 aliphatic heterocycles. The Morgan fingerprint density at radius 2 is 2.00 bits per heavy atom. The van der Waals surface area contributed by atoms with Crippen molar-refractivity contribution in [1.29, 1.82) is 0 Å². The zero-order valence-electron chi connectivity index (χ0n) is 10.7. The molecule has 0 saturated carbocycles. The predicted molar refractivity (Wildman–Crippen MR) is 70.6 cm³/mol. The minimum absolute atomic E-state index is 0.279. The maximum Gasteiger partial charge on any atom is 0.307 e. The van der Waals surface area contributed by atoms with Crippen LogP contribution < -0.4 is 5.32 Å². The first kappa shape index (κ1) is 13.3. The first-order valence-electron chi connectivity index (χ1n) is 6.20. The van der Waals surface area contributed by atoms with Crippen molar-refractivity contribution in [3.8, 4) is 0 Å². The van der Waals surface area contributed by atoms with Crippen molar-refractivity contribution in [3.63, 3.8) is 0 Å². The van der Waals surface area contributed by atoms with E-state index in [9.17, 15) is 9.59 Å². The Labute approximate surface area is 111 Å². The number of aryl methyl sites for hydroxylation is 1. The fourth-order valence-electron chi connectivity index (χ4n) is 2.20. The van der Waals surface area contributed by atoms with Gasteiger partial charge in [0.1, 0.15) is 5.82 Å². The summed E-state index contributed by atoms with van der Waals surface area (Å²) in [5, 5.41) is 11.9. The van der Waals surface area contributed by atoms with E-state index in [1.54, 1.807) is 12.3 Å². The number of hydrogen-bond acceptors (Lipinski definition) is 3. The summed E-state index contributed by atoms with van der Waals surface area (Å²) in [5.74, 6) is -1.91. The average Bonchev–Trinajstić information content (AvgIpc) is 2.41. The highest BCUT2D eigenvalue weighted by atomic mass is 16.4. The Hall–Kier alpha value is -2.17. The monoisotopic (exact) mass is 260 g/mol. The van der Waals surface area contributed by atoms with E-state index in [0.717, 1.165) is 5.56 Å². The fourth-order valence-corrected chi connectivity index (χ4v) is 2.20. The lowest BCUT2D eigenvalue weighted by Crippen LogP contribution is -2.35. The summed E-state index contributed by atoms with van der Waals surface area (Å²) in [4.78, 5) is 27.4. The van der Waals surface area contributed by atoms with Crippen LogP contribution in [0.25, 0.3) is 0 Å². The molecule has 1 aromatic heterocycles. The van der Waals surface area contributed by atoms with Gasteiger partial charge in [-0.25, -0.2) is 4.98 Å². The number of pyridine rings is 1. The number of carboxylic acids is 1. The van der Waals surface area contributed by atoms with Crippen LogP contribution in [0.2, 0.25) is 0 Å². The topological polar surface area (TPSA) is 79.3 Å². The Morgan fingerprint density at radius 1 is 1.32 bits per heavy atom. The minimum Gasteiger partial charge on any atom is -0.481 e. The molecule has 0 radical (unpaired) electrons. The van der Waals surface area contributed by atoms with Gasteiger partial charge in [-0.2, -0.15) is 0 Å². The number of carbonyl (C=O) groups excluding carboxylic acids is 1. The van der Waals surface area contributed by atoms with Crippen LogP contribution in [0.3, 0.4) is 0 Å². The number of amides is 1. The van der Waals surface area contributed by atoms with E-state index in [2.05, 4.69) is 10.3 Å².